The molecule has 3 aromatic rings. The molecule has 1 aromatic carbocycles. The summed E-state index contributed by atoms with van der Waals surface area (Å²) in [7, 11) is 0. The van der Waals surface area contributed by atoms with Crippen LogP contribution in [-0.2, 0) is 0 Å². The van der Waals surface area contributed by atoms with Crippen molar-refractivity contribution in [1.82, 2.24) is 9.97 Å². The number of hydrogen-bond donors (Lipinski definition) is 1. The number of fused-ring (bicyclic) bond motifs is 1. The summed E-state index contributed by atoms with van der Waals surface area (Å²) < 4.78 is 5.49. The van der Waals surface area contributed by atoms with Crippen LogP contribution in [0.25, 0.3) is 22.6 Å². The van der Waals surface area contributed by atoms with Crippen molar-refractivity contribution < 1.29 is 4.42 Å². The number of H-pyrrole nitrogens is 1. The Kier molecular flexibility index (Phi) is 3.36. The van der Waals surface area contributed by atoms with E-state index in [0.29, 0.717) is 11.5 Å². The molecule has 0 radical (unpaired) electrons. The summed E-state index contributed by atoms with van der Waals surface area (Å²) >= 11 is 0. The van der Waals surface area contributed by atoms with Gasteiger partial charge in [0, 0.05) is 10.9 Å². The fraction of sp³-hybridized carbons (Fsp3) is 0.118. The Bertz CT molecular complexity index is 987. The summed E-state index contributed by atoms with van der Waals surface area (Å²) in [4.78, 5) is 18.8. The van der Waals surface area contributed by atoms with Gasteiger partial charge >= 0.3 is 0 Å². The normalized spacial score (nSPS) is 11.6. The van der Waals surface area contributed by atoms with E-state index in [1.165, 1.54) is 0 Å². The van der Waals surface area contributed by atoms with E-state index < -0.39 is 5.56 Å². The van der Waals surface area contributed by atoms with E-state index in [0.717, 1.165) is 22.1 Å². The molecule has 0 spiro atoms. The van der Waals surface area contributed by atoms with Crippen molar-refractivity contribution in [3.8, 4) is 6.07 Å². The number of nitriles is 1. The maximum Gasteiger partial charge on any atom is 0.269 e. The van der Waals surface area contributed by atoms with Crippen molar-refractivity contribution in [2.75, 3.05) is 0 Å². The van der Waals surface area contributed by atoms with Crippen molar-refractivity contribution in [2.24, 2.45) is 0 Å². The van der Waals surface area contributed by atoms with Crippen LogP contribution in [0.5, 0.6) is 0 Å². The minimum Gasteiger partial charge on any atom is -0.464 e. The lowest BCUT2D eigenvalue weighted by molar-refractivity contribution is 0.615. The SMILES string of the molecule is C/C(=C\c1coc2ccccc12)c1nc(C)c(C#N)c(=O)[nH]1. The van der Waals surface area contributed by atoms with Gasteiger partial charge in [-0.2, -0.15) is 5.26 Å². The summed E-state index contributed by atoms with van der Waals surface area (Å²) in [5.41, 5.74) is 2.55. The maximum absolute atomic E-state index is 11.8. The van der Waals surface area contributed by atoms with Crippen LogP contribution in [0.2, 0.25) is 0 Å². The third kappa shape index (κ3) is 2.31. The van der Waals surface area contributed by atoms with Gasteiger partial charge in [0.15, 0.2) is 0 Å². The standard InChI is InChI=1S/C17H13N3O2/c1-10(16-19-11(2)14(8-18)17(21)20-16)7-12-9-22-15-6-4-3-5-13(12)15/h3-7,9H,1-2H3,(H,19,20,21)/b10-7+. The van der Waals surface area contributed by atoms with Crippen molar-refractivity contribution in [2.45, 2.75) is 13.8 Å². The van der Waals surface area contributed by atoms with Crippen molar-refractivity contribution in [1.29, 1.82) is 5.26 Å². The number of rotatable bonds is 2. The lowest BCUT2D eigenvalue weighted by atomic mass is 10.1. The summed E-state index contributed by atoms with van der Waals surface area (Å²) in [6, 6.07) is 9.58. The zero-order valence-electron chi connectivity index (χ0n) is 12.2. The monoisotopic (exact) mass is 291 g/mol. The number of allylic oxidation sites excluding steroid dienone is 1. The Labute approximate surface area is 126 Å². The topological polar surface area (TPSA) is 82.7 Å². The summed E-state index contributed by atoms with van der Waals surface area (Å²) in [5, 5.41) is 9.91. The van der Waals surface area contributed by atoms with E-state index in [2.05, 4.69) is 9.97 Å². The third-order valence-electron chi connectivity index (χ3n) is 3.47. The molecule has 5 heteroatoms. The summed E-state index contributed by atoms with van der Waals surface area (Å²) in [6.07, 6.45) is 3.57. The Balaban J connectivity index is 2.09. The Hall–Kier alpha value is -3.13. The van der Waals surface area contributed by atoms with Crippen LogP contribution in [-0.4, -0.2) is 9.97 Å². The number of nitrogens with zero attached hydrogens (tertiary/aromatic N) is 2. The number of furan rings is 1. The molecule has 0 unspecified atom stereocenters. The number of aromatic amines is 1. The quantitative estimate of drug-likeness (QED) is 0.785. The molecule has 0 saturated heterocycles. The van der Waals surface area contributed by atoms with E-state index >= 15 is 0 Å². The van der Waals surface area contributed by atoms with Crippen LogP contribution in [0.4, 0.5) is 0 Å². The number of nitrogens with one attached hydrogen (secondary N) is 1. The van der Waals surface area contributed by atoms with Gasteiger partial charge in [0.1, 0.15) is 23.0 Å². The van der Waals surface area contributed by atoms with Gasteiger partial charge in [-0.25, -0.2) is 4.98 Å². The average Bonchev–Trinajstić information content (AvgIpc) is 2.90. The van der Waals surface area contributed by atoms with Crippen LogP contribution < -0.4 is 5.56 Å². The predicted molar refractivity (Wildman–Crippen MR) is 84.1 cm³/mol. The van der Waals surface area contributed by atoms with Gasteiger partial charge in [-0.3, -0.25) is 4.79 Å². The third-order valence-corrected chi connectivity index (χ3v) is 3.47. The van der Waals surface area contributed by atoms with Gasteiger partial charge in [-0.1, -0.05) is 18.2 Å². The molecular formula is C17H13N3O2. The lowest BCUT2D eigenvalue weighted by Crippen LogP contribution is -2.16. The molecule has 0 aliphatic carbocycles. The molecule has 0 bridgehead atoms. The molecule has 0 fully saturated rings. The van der Waals surface area contributed by atoms with Crippen LogP contribution >= 0.6 is 0 Å². The highest BCUT2D eigenvalue weighted by Gasteiger charge is 2.09. The Morgan fingerprint density at radius 2 is 2.18 bits per heavy atom. The molecule has 0 amide bonds. The predicted octanol–water partition coefficient (Wildman–Crippen LogP) is 3.26. The van der Waals surface area contributed by atoms with Crippen molar-refractivity contribution in [3.63, 3.8) is 0 Å². The Morgan fingerprint density at radius 3 is 2.91 bits per heavy atom. The average molecular weight is 291 g/mol. The van der Waals surface area contributed by atoms with Gasteiger partial charge < -0.3 is 9.40 Å². The molecule has 0 atom stereocenters. The lowest BCUT2D eigenvalue weighted by Gasteiger charge is -2.03. The van der Waals surface area contributed by atoms with Gasteiger partial charge in [-0.15, -0.1) is 0 Å². The number of hydrogen-bond acceptors (Lipinski definition) is 4. The highest BCUT2D eigenvalue weighted by molar-refractivity contribution is 5.92. The second kappa shape index (κ2) is 5.34. The van der Waals surface area contributed by atoms with E-state index in [1.54, 1.807) is 13.2 Å². The highest BCUT2D eigenvalue weighted by atomic mass is 16.3. The van der Waals surface area contributed by atoms with Crippen LogP contribution in [0.3, 0.4) is 0 Å². The van der Waals surface area contributed by atoms with Crippen molar-refractivity contribution in [3.05, 3.63) is 63.5 Å². The van der Waals surface area contributed by atoms with Gasteiger partial charge in [0.25, 0.3) is 5.56 Å². The van der Waals surface area contributed by atoms with Crippen LogP contribution in [0.15, 0.2) is 39.7 Å². The number of benzene rings is 1. The van der Waals surface area contributed by atoms with Gasteiger partial charge in [-0.05, 0) is 31.6 Å². The second-order valence-corrected chi connectivity index (χ2v) is 5.00. The van der Waals surface area contributed by atoms with E-state index in [-0.39, 0.29) is 5.56 Å². The first-order chi connectivity index (χ1) is 10.6. The van der Waals surface area contributed by atoms with E-state index in [1.807, 2.05) is 43.3 Å². The first kappa shape index (κ1) is 13.8. The fourth-order valence-corrected chi connectivity index (χ4v) is 2.32. The Morgan fingerprint density at radius 1 is 1.41 bits per heavy atom. The fourth-order valence-electron chi connectivity index (χ4n) is 2.32. The molecule has 108 valence electrons. The molecule has 0 saturated carbocycles. The van der Waals surface area contributed by atoms with Crippen molar-refractivity contribution >= 4 is 22.6 Å². The maximum atomic E-state index is 11.8. The molecule has 3 rings (SSSR count). The molecule has 0 aliphatic heterocycles. The minimum atomic E-state index is -0.421. The van der Waals surface area contributed by atoms with E-state index in [9.17, 15) is 4.79 Å². The molecule has 2 heterocycles. The molecular weight excluding hydrogens is 278 g/mol. The molecule has 2 aromatic heterocycles. The highest BCUT2D eigenvalue weighted by Crippen LogP contribution is 2.24. The largest absolute Gasteiger partial charge is 0.464 e. The molecule has 5 nitrogen and oxygen atoms in total. The second-order valence-electron chi connectivity index (χ2n) is 5.00. The molecule has 22 heavy (non-hydrogen) atoms. The minimum absolute atomic E-state index is 0.0466. The smallest absolute Gasteiger partial charge is 0.269 e. The van der Waals surface area contributed by atoms with Gasteiger partial charge in [0.05, 0.1) is 12.0 Å². The number of aromatic nitrogens is 2. The molecule has 1 N–H and O–H groups in total. The van der Waals surface area contributed by atoms with Gasteiger partial charge in [0.2, 0.25) is 0 Å². The van der Waals surface area contributed by atoms with Crippen LogP contribution in [0.1, 0.15) is 29.6 Å². The molecule has 0 aliphatic rings. The van der Waals surface area contributed by atoms with Crippen LogP contribution in [0, 0.1) is 18.3 Å². The van der Waals surface area contributed by atoms with E-state index in [4.69, 9.17) is 9.68 Å². The number of para-hydroxylation sites is 1. The summed E-state index contributed by atoms with van der Waals surface area (Å²) in [5.74, 6) is 0.451. The number of aryl methyl sites for hydroxylation is 1. The summed E-state index contributed by atoms with van der Waals surface area (Å²) in [6.45, 7) is 3.50. The zero-order valence-corrected chi connectivity index (χ0v) is 12.2. The zero-order chi connectivity index (χ0) is 15.7. The first-order valence-corrected chi connectivity index (χ1v) is 6.76. The first-order valence-electron chi connectivity index (χ1n) is 6.76.